The van der Waals surface area contributed by atoms with Crippen LogP contribution in [0.15, 0.2) is 0 Å². The smallest absolute Gasteiger partial charge is 0.326 e. The number of carbonyl (C=O) groups is 3. The third-order valence-electron chi connectivity index (χ3n) is 3.69. The fraction of sp³-hybridized carbons (Fsp3) is 0.800. The summed E-state index contributed by atoms with van der Waals surface area (Å²) in [7, 11) is 0. The molecule has 0 spiro atoms. The maximum atomic E-state index is 11.7. The van der Waals surface area contributed by atoms with Crippen LogP contribution in [0.2, 0.25) is 0 Å². The highest BCUT2D eigenvalue weighted by molar-refractivity contribution is 5.87. The van der Waals surface area contributed by atoms with E-state index in [9.17, 15) is 14.4 Å². The molecule has 1 rings (SSSR count). The normalized spacial score (nSPS) is 16.9. The first-order valence-electron chi connectivity index (χ1n) is 7.95. The molecule has 0 aromatic carbocycles. The zero-order valence-corrected chi connectivity index (χ0v) is 13.4. The van der Waals surface area contributed by atoms with Crippen molar-refractivity contribution in [3.63, 3.8) is 0 Å². The Balaban J connectivity index is 2.28. The minimum absolute atomic E-state index is 0.156. The molecule has 1 atom stereocenters. The molecular formula is C15H27N3O4. The van der Waals surface area contributed by atoms with Gasteiger partial charge in [-0.05, 0) is 25.2 Å². The van der Waals surface area contributed by atoms with E-state index in [1.807, 2.05) is 13.8 Å². The summed E-state index contributed by atoms with van der Waals surface area (Å²) in [5.41, 5.74) is 0. The highest BCUT2D eigenvalue weighted by atomic mass is 16.4. The maximum absolute atomic E-state index is 11.7. The van der Waals surface area contributed by atoms with E-state index in [4.69, 9.17) is 5.11 Å². The number of amides is 3. The average Bonchev–Trinajstić information content (AvgIpc) is 2.45. The fourth-order valence-electron chi connectivity index (χ4n) is 2.58. The molecule has 0 saturated heterocycles. The molecule has 0 aliphatic heterocycles. The molecule has 4 N–H and O–H groups in total. The second kappa shape index (κ2) is 9.27. The summed E-state index contributed by atoms with van der Waals surface area (Å²) in [4.78, 5) is 34.5. The summed E-state index contributed by atoms with van der Waals surface area (Å²) in [5, 5.41) is 16.8. The first-order valence-corrected chi connectivity index (χ1v) is 7.95. The quantitative estimate of drug-likeness (QED) is 0.567. The maximum Gasteiger partial charge on any atom is 0.326 e. The van der Waals surface area contributed by atoms with Crippen molar-refractivity contribution in [2.24, 2.45) is 5.92 Å². The largest absolute Gasteiger partial charge is 0.480 e. The molecule has 22 heavy (non-hydrogen) atoms. The van der Waals surface area contributed by atoms with Crippen LogP contribution in [0, 0.1) is 5.92 Å². The number of carboxylic acid groups (broad SMARTS) is 1. The standard InChI is InChI=1S/C15H27N3O4/c1-10(2)8-12(14(20)21)18-13(19)9-16-15(22)17-11-6-4-3-5-7-11/h10-12H,3-9H2,1-2H3,(H,18,19)(H,20,21)(H2,16,17,22)/t12-/m0/s1. The van der Waals surface area contributed by atoms with Gasteiger partial charge in [-0.1, -0.05) is 33.1 Å². The van der Waals surface area contributed by atoms with E-state index < -0.39 is 17.9 Å². The number of carbonyl (C=O) groups excluding carboxylic acids is 2. The van der Waals surface area contributed by atoms with Crippen LogP contribution < -0.4 is 16.0 Å². The predicted molar refractivity (Wildman–Crippen MR) is 82.4 cm³/mol. The summed E-state index contributed by atoms with van der Waals surface area (Å²) in [6.45, 7) is 3.55. The molecule has 0 aromatic heterocycles. The van der Waals surface area contributed by atoms with Crippen LogP contribution in [0.25, 0.3) is 0 Å². The topological polar surface area (TPSA) is 108 Å². The SMILES string of the molecule is CC(C)C[C@H](NC(=O)CNC(=O)NC1CCCCC1)C(=O)O. The summed E-state index contributed by atoms with van der Waals surface area (Å²) in [6, 6.07) is -1.13. The molecule has 0 bridgehead atoms. The fourth-order valence-corrected chi connectivity index (χ4v) is 2.58. The lowest BCUT2D eigenvalue weighted by molar-refractivity contribution is -0.142. The highest BCUT2D eigenvalue weighted by Crippen LogP contribution is 2.17. The molecule has 7 nitrogen and oxygen atoms in total. The van der Waals surface area contributed by atoms with Crippen LogP contribution in [-0.2, 0) is 9.59 Å². The number of hydrogen-bond acceptors (Lipinski definition) is 3. The van der Waals surface area contributed by atoms with Crippen LogP contribution in [0.5, 0.6) is 0 Å². The molecule has 0 aromatic rings. The number of hydrogen-bond donors (Lipinski definition) is 4. The van der Waals surface area contributed by atoms with Gasteiger partial charge in [0.1, 0.15) is 6.04 Å². The number of aliphatic carboxylic acids is 1. The summed E-state index contributed by atoms with van der Waals surface area (Å²) in [5.74, 6) is -1.40. The molecule has 0 heterocycles. The second-order valence-electron chi connectivity index (χ2n) is 6.25. The van der Waals surface area contributed by atoms with Crippen molar-refractivity contribution in [1.29, 1.82) is 0 Å². The minimum atomic E-state index is -1.06. The number of rotatable bonds is 7. The van der Waals surface area contributed by atoms with Gasteiger partial charge >= 0.3 is 12.0 Å². The lowest BCUT2D eigenvalue weighted by atomic mass is 9.96. The molecule has 126 valence electrons. The molecule has 1 aliphatic rings. The molecule has 0 unspecified atom stereocenters. The Morgan fingerprint density at radius 2 is 1.77 bits per heavy atom. The van der Waals surface area contributed by atoms with Crippen molar-refractivity contribution in [2.45, 2.75) is 64.5 Å². The number of nitrogens with one attached hydrogen (secondary N) is 3. The van der Waals surface area contributed by atoms with E-state index in [1.54, 1.807) is 0 Å². The first-order chi connectivity index (χ1) is 10.4. The Labute approximate surface area is 131 Å². The molecule has 0 radical (unpaired) electrons. The summed E-state index contributed by atoms with van der Waals surface area (Å²) in [6.07, 6.45) is 5.72. The number of urea groups is 1. The Morgan fingerprint density at radius 1 is 1.14 bits per heavy atom. The van der Waals surface area contributed by atoms with E-state index in [1.165, 1.54) is 6.42 Å². The van der Waals surface area contributed by atoms with E-state index in [-0.39, 0.29) is 24.5 Å². The van der Waals surface area contributed by atoms with Gasteiger partial charge in [0.05, 0.1) is 6.54 Å². The van der Waals surface area contributed by atoms with Gasteiger partial charge in [-0.3, -0.25) is 4.79 Å². The van der Waals surface area contributed by atoms with Crippen molar-refractivity contribution in [2.75, 3.05) is 6.54 Å². The molecule has 3 amide bonds. The van der Waals surface area contributed by atoms with Crippen molar-refractivity contribution in [1.82, 2.24) is 16.0 Å². The van der Waals surface area contributed by atoms with Crippen LogP contribution in [0.1, 0.15) is 52.4 Å². The summed E-state index contributed by atoms with van der Waals surface area (Å²) >= 11 is 0. The summed E-state index contributed by atoms with van der Waals surface area (Å²) < 4.78 is 0. The molecular weight excluding hydrogens is 286 g/mol. The molecule has 1 saturated carbocycles. The van der Waals surface area contributed by atoms with Crippen molar-refractivity contribution in [3.05, 3.63) is 0 Å². The lowest BCUT2D eigenvalue weighted by Gasteiger charge is -2.23. The average molecular weight is 313 g/mol. The van der Waals surface area contributed by atoms with Gasteiger partial charge in [-0.25, -0.2) is 9.59 Å². The van der Waals surface area contributed by atoms with Crippen LogP contribution >= 0.6 is 0 Å². The Hall–Kier alpha value is -1.79. The Morgan fingerprint density at radius 3 is 2.32 bits per heavy atom. The van der Waals surface area contributed by atoms with Crippen LogP contribution in [-0.4, -0.2) is 41.6 Å². The van der Waals surface area contributed by atoms with Crippen molar-refractivity contribution in [3.8, 4) is 0 Å². The monoisotopic (exact) mass is 313 g/mol. The number of carboxylic acids is 1. The van der Waals surface area contributed by atoms with E-state index in [2.05, 4.69) is 16.0 Å². The van der Waals surface area contributed by atoms with Crippen molar-refractivity contribution < 1.29 is 19.5 Å². The van der Waals surface area contributed by atoms with E-state index in [0.29, 0.717) is 6.42 Å². The Kier molecular flexibility index (Phi) is 7.70. The zero-order chi connectivity index (χ0) is 16.5. The second-order valence-corrected chi connectivity index (χ2v) is 6.25. The highest BCUT2D eigenvalue weighted by Gasteiger charge is 2.21. The van der Waals surface area contributed by atoms with Crippen LogP contribution in [0.3, 0.4) is 0 Å². The third-order valence-corrected chi connectivity index (χ3v) is 3.69. The predicted octanol–water partition coefficient (Wildman–Crippen LogP) is 1.23. The van der Waals surface area contributed by atoms with Gasteiger partial charge in [0, 0.05) is 6.04 Å². The van der Waals surface area contributed by atoms with Gasteiger partial charge in [0.25, 0.3) is 0 Å². The molecule has 7 heteroatoms. The minimum Gasteiger partial charge on any atom is -0.480 e. The third kappa shape index (κ3) is 7.28. The van der Waals surface area contributed by atoms with E-state index >= 15 is 0 Å². The zero-order valence-electron chi connectivity index (χ0n) is 13.4. The Bertz CT molecular complexity index is 392. The molecule has 1 fully saturated rings. The van der Waals surface area contributed by atoms with Crippen molar-refractivity contribution >= 4 is 17.9 Å². The van der Waals surface area contributed by atoms with Gasteiger partial charge < -0.3 is 21.1 Å². The molecule has 1 aliphatic carbocycles. The lowest BCUT2D eigenvalue weighted by Crippen LogP contribution is -2.49. The van der Waals surface area contributed by atoms with Gasteiger partial charge in [-0.2, -0.15) is 0 Å². The first kappa shape index (κ1) is 18.3. The van der Waals surface area contributed by atoms with Crippen LogP contribution in [0.4, 0.5) is 4.79 Å². The van der Waals surface area contributed by atoms with E-state index in [0.717, 1.165) is 25.7 Å². The van der Waals surface area contributed by atoms with Gasteiger partial charge in [-0.15, -0.1) is 0 Å². The van der Waals surface area contributed by atoms with Gasteiger partial charge in [0.2, 0.25) is 5.91 Å². The van der Waals surface area contributed by atoms with Gasteiger partial charge in [0.15, 0.2) is 0 Å².